The van der Waals surface area contributed by atoms with Crippen LogP contribution in [0.25, 0.3) is 0 Å². The molecule has 0 nitrogen and oxygen atoms in total. The Balaban J connectivity index is 4.25. The highest BCUT2D eigenvalue weighted by Crippen LogP contribution is 2.38. The Morgan fingerprint density at radius 2 is 0.923 bits per heavy atom. The standard InChI is InChI=1S/C10H19Cl3/c1-8(2,11)6-10(5,13)7-9(3,4)12/h6-7H2,1-5H3. The molecule has 0 aromatic carbocycles. The molecule has 0 saturated heterocycles. The molecule has 0 saturated carbocycles. The van der Waals surface area contributed by atoms with Gasteiger partial charge in [-0.25, -0.2) is 0 Å². The number of hydrogen-bond acceptors (Lipinski definition) is 0. The van der Waals surface area contributed by atoms with E-state index in [1.54, 1.807) is 0 Å². The van der Waals surface area contributed by atoms with Crippen molar-refractivity contribution in [2.45, 2.75) is 62.1 Å². The van der Waals surface area contributed by atoms with Crippen LogP contribution in [0.1, 0.15) is 47.5 Å². The van der Waals surface area contributed by atoms with Gasteiger partial charge in [0.2, 0.25) is 0 Å². The molecule has 0 fully saturated rings. The summed E-state index contributed by atoms with van der Waals surface area (Å²) in [5.41, 5.74) is 0. The molecule has 13 heavy (non-hydrogen) atoms. The molecule has 0 bridgehead atoms. The molecular weight excluding hydrogens is 226 g/mol. The first kappa shape index (κ1) is 13.9. The summed E-state index contributed by atoms with van der Waals surface area (Å²) in [6.07, 6.45) is 1.50. The molecule has 0 aliphatic rings. The number of halogens is 3. The molecule has 0 N–H and O–H groups in total. The Hall–Kier alpha value is 0.870. The maximum Gasteiger partial charge on any atom is 0.0451 e. The van der Waals surface area contributed by atoms with Crippen LogP contribution in [0, 0.1) is 0 Å². The lowest BCUT2D eigenvalue weighted by Crippen LogP contribution is -2.32. The average Bonchev–Trinajstić information content (AvgIpc) is 1.43. The van der Waals surface area contributed by atoms with Gasteiger partial charge in [-0.1, -0.05) is 0 Å². The third-order valence-electron chi connectivity index (χ3n) is 1.58. The zero-order chi connectivity index (χ0) is 10.9. The Kier molecular flexibility index (Phi) is 4.44. The van der Waals surface area contributed by atoms with Crippen molar-refractivity contribution in [3.8, 4) is 0 Å². The fourth-order valence-electron chi connectivity index (χ4n) is 1.82. The van der Waals surface area contributed by atoms with Crippen LogP contribution in [0.4, 0.5) is 0 Å². The van der Waals surface area contributed by atoms with Gasteiger partial charge in [0.15, 0.2) is 0 Å². The van der Waals surface area contributed by atoms with Gasteiger partial charge in [0, 0.05) is 14.6 Å². The van der Waals surface area contributed by atoms with Gasteiger partial charge in [-0.2, -0.15) is 0 Å². The molecule has 0 aliphatic carbocycles. The van der Waals surface area contributed by atoms with Crippen molar-refractivity contribution >= 4 is 34.8 Å². The first-order valence-corrected chi connectivity index (χ1v) is 5.62. The highest BCUT2D eigenvalue weighted by atomic mass is 35.5. The van der Waals surface area contributed by atoms with E-state index >= 15 is 0 Å². The number of alkyl halides is 3. The van der Waals surface area contributed by atoms with Crippen LogP contribution >= 0.6 is 34.8 Å². The van der Waals surface area contributed by atoms with E-state index in [9.17, 15) is 0 Å². The van der Waals surface area contributed by atoms with Gasteiger partial charge in [0.25, 0.3) is 0 Å². The SMILES string of the molecule is CC(C)(Cl)CC(C)(Cl)CC(C)(C)Cl. The summed E-state index contributed by atoms with van der Waals surface area (Å²) in [7, 11) is 0. The number of hydrogen-bond donors (Lipinski definition) is 0. The van der Waals surface area contributed by atoms with E-state index in [2.05, 4.69) is 0 Å². The van der Waals surface area contributed by atoms with Crippen molar-refractivity contribution < 1.29 is 0 Å². The molecular formula is C10H19Cl3. The molecule has 0 heterocycles. The fraction of sp³-hybridized carbons (Fsp3) is 1.00. The van der Waals surface area contributed by atoms with E-state index in [-0.39, 0.29) is 14.6 Å². The summed E-state index contributed by atoms with van der Waals surface area (Å²) in [6.45, 7) is 9.86. The third-order valence-corrected chi connectivity index (χ3v) is 2.11. The lowest BCUT2D eigenvalue weighted by molar-refractivity contribution is 0.426. The zero-order valence-corrected chi connectivity index (χ0v) is 11.3. The predicted molar refractivity (Wildman–Crippen MR) is 63.4 cm³/mol. The van der Waals surface area contributed by atoms with E-state index < -0.39 is 0 Å². The quantitative estimate of drug-likeness (QED) is 0.624. The minimum absolute atomic E-state index is 0.265. The first-order valence-electron chi connectivity index (χ1n) is 4.48. The van der Waals surface area contributed by atoms with E-state index in [0.717, 1.165) is 12.8 Å². The van der Waals surface area contributed by atoms with Gasteiger partial charge >= 0.3 is 0 Å². The van der Waals surface area contributed by atoms with E-state index in [1.807, 2.05) is 34.6 Å². The van der Waals surface area contributed by atoms with Crippen molar-refractivity contribution in [2.24, 2.45) is 0 Å². The minimum Gasteiger partial charge on any atom is -0.120 e. The summed E-state index contributed by atoms with van der Waals surface area (Å²) in [6, 6.07) is 0. The summed E-state index contributed by atoms with van der Waals surface area (Å²) in [4.78, 5) is -0.853. The van der Waals surface area contributed by atoms with Gasteiger partial charge < -0.3 is 0 Å². The van der Waals surface area contributed by atoms with Crippen LogP contribution < -0.4 is 0 Å². The molecule has 0 unspecified atom stereocenters. The topological polar surface area (TPSA) is 0 Å². The molecule has 0 aromatic heterocycles. The van der Waals surface area contributed by atoms with E-state index in [0.29, 0.717) is 0 Å². The first-order chi connectivity index (χ1) is 5.41. The smallest absolute Gasteiger partial charge is 0.0451 e. The summed E-state index contributed by atoms with van der Waals surface area (Å²) < 4.78 is 0. The second kappa shape index (κ2) is 4.16. The monoisotopic (exact) mass is 244 g/mol. The van der Waals surface area contributed by atoms with E-state index in [1.165, 1.54) is 0 Å². The second-order valence-electron chi connectivity index (χ2n) is 5.20. The average molecular weight is 246 g/mol. The molecule has 0 rings (SSSR count). The van der Waals surface area contributed by atoms with Gasteiger partial charge in [0.1, 0.15) is 0 Å². The van der Waals surface area contributed by atoms with Crippen LogP contribution in [0.5, 0.6) is 0 Å². The van der Waals surface area contributed by atoms with Gasteiger partial charge in [-0.3, -0.25) is 0 Å². The maximum atomic E-state index is 6.34. The normalized spacial score (nSPS) is 14.8. The van der Waals surface area contributed by atoms with Gasteiger partial charge in [0.05, 0.1) is 0 Å². The van der Waals surface area contributed by atoms with Gasteiger partial charge in [-0.15, -0.1) is 34.8 Å². The molecule has 0 aromatic rings. The molecule has 3 heteroatoms. The largest absolute Gasteiger partial charge is 0.120 e. The maximum absolute atomic E-state index is 6.34. The Labute approximate surface area is 96.9 Å². The highest BCUT2D eigenvalue weighted by molar-refractivity contribution is 6.28. The van der Waals surface area contributed by atoms with Crippen LogP contribution in [0.15, 0.2) is 0 Å². The molecule has 0 radical (unpaired) electrons. The van der Waals surface area contributed by atoms with Crippen LogP contribution in [0.3, 0.4) is 0 Å². The number of rotatable bonds is 4. The molecule has 0 amide bonds. The Morgan fingerprint density at radius 3 is 1.08 bits per heavy atom. The van der Waals surface area contributed by atoms with Crippen LogP contribution in [-0.4, -0.2) is 14.6 Å². The highest BCUT2D eigenvalue weighted by Gasteiger charge is 2.33. The Bertz CT molecular complexity index is 142. The van der Waals surface area contributed by atoms with Crippen molar-refractivity contribution in [2.75, 3.05) is 0 Å². The van der Waals surface area contributed by atoms with Crippen molar-refractivity contribution in [1.82, 2.24) is 0 Å². The lowest BCUT2D eigenvalue weighted by Gasteiger charge is -2.33. The summed E-state index contributed by atoms with van der Waals surface area (Å²) in [5.74, 6) is 0. The van der Waals surface area contributed by atoms with Crippen LogP contribution in [0.2, 0.25) is 0 Å². The van der Waals surface area contributed by atoms with Gasteiger partial charge in [-0.05, 0) is 47.5 Å². The molecule has 80 valence electrons. The van der Waals surface area contributed by atoms with E-state index in [4.69, 9.17) is 34.8 Å². The van der Waals surface area contributed by atoms with Crippen molar-refractivity contribution in [3.05, 3.63) is 0 Å². The second-order valence-corrected chi connectivity index (χ2v) is 8.16. The summed E-state index contributed by atoms with van der Waals surface area (Å²) in [5, 5.41) is 0. The summed E-state index contributed by atoms with van der Waals surface area (Å²) >= 11 is 18.6. The Morgan fingerprint density at radius 1 is 0.692 bits per heavy atom. The molecule has 0 atom stereocenters. The third kappa shape index (κ3) is 9.18. The van der Waals surface area contributed by atoms with Crippen molar-refractivity contribution in [1.29, 1.82) is 0 Å². The van der Waals surface area contributed by atoms with Crippen molar-refractivity contribution in [3.63, 3.8) is 0 Å². The molecule has 0 aliphatic heterocycles. The molecule has 0 spiro atoms. The fourth-order valence-corrected chi connectivity index (χ4v) is 3.21. The zero-order valence-electron chi connectivity index (χ0n) is 9.05. The minimum atomic E-state index is -0.323. The predicted octanol–water partition coefficient (Wildman–Crippen LogP) is 4.80. The lowest BCUT2D eigenvalue weighted by atomic mass is 9.89. The van der Waals surface area contributed by atoms with Crippen LogP contribution in [-0.2, 0) is 0 Å².